The third-order valence-corrected chi connectivity index (χ3v) is 9.13. The normalized spacial score (nSPS) is 16.8. The molecule has 0 unspecified atom stereocenters. The van der Waals surface area contributed by atoms with Crippen molar-refractivity contribution in [3.63, 3.8) is 0 Å². The van der Waals surface area contributed by atoms with Crippen LogP contribution < -0.4 is 15.4 Å². The van der Waals surface area contributed by atoms with E-state index in [0.717, 1.165) is 56.8 Å². The molecule has 0 aromatic heterocycles. The number of fused-ring (bicyclic) bond motifs is 1. The topological polar surface area (TPSA) is 87.3 Å². The van der Waals surface area contributed by atoms with E-state index in [1.807, 2.05) is 0 Å². The Morgan fingerprint density at radius 1 is 1.14 bits per heavy atom. The van der Waals surface area contributed by atoms with E-state index in [1.165, 1.54) is 18.1 Å². The number of carbonyl (C=O) groups is 1. The molecule has 2 atom stereocenters. The molecular weight excluding hydrogens is 587 g/mol. The molecule has 2 aromatic rings. The first-order valence-corrected chi connectivity index (χ1v) is 16.6. The van der Waals surface area contributed by atoms with Gasteiger partial charge in [0.1, 0.15) is 0 Å². The Hall–Kier alpha value is -3.21. The number of halogens is 3. The molecule has 1 aliphatic carbocycles. The zero-order valence-electron chi connectivity index (χ0n) is 25.7. The van der Waals surface area contributed by atoms with Gasteiger partial charge in [-0.25, -0.2) is 13.1 Å². The summed E-state index contributed by atoms with van der Waals surface area (Å²) < 4.78 is 69.0. The van der Waals surface area contributed by atoms with E-state index >= 15 is 0 Å². The Morgan fingerprint density at radius 2 is 1.86 bits per heavy atom. The first-order chi connectivity index (χ1) is 20.8. The maximum atomic E-state index is 13.4. The highest BCUT2D eigenvalue weighted by molar-refractivity contribution is 7.93. The predicted octanol–water partition coefficient (Wildman–Crippen LogP) is 6.99. The van der Waals surface area contributed by atoms with Crippen LogP contribution in [0.2, 0.25) is 0 Å². The lowest BCUT2D eigenvalue weighted by Gasteiger charge is -2.28. The molecule has 1 amide bonds. The Kier molecular flexibility index (Phi) is 13.0. The van der Waals surface area contributed by atoms with Crippen LogP contribution in [0, 0.1) is 5.92 Å². The van der Waals surface area contributed by atoms with E-state index in [2.05, 4.69) is 54.0 Å². The van der Waals surface area contributed by atoms with E-state index in [1.54, 1.807) is 30.3 Å². The van der Waals surface area contributed by atoms with E-state index in [0.29, 0.717) is 23.6 Å². The summed E-state index contributed by atoms with van der Waals surface area (Å²) in [5.74, 6) is 0.255. The van der Waals surface area contributed by atoms with E-state index in [-0.39, 0.29) is 18.4 Å². The summed E-state index contributed by atoms with van der Waals surface area (Å²) in [5, 5.41) is 6.55. The van der Waals surface area contributed by atoms with Crippen molar-refractivity contribution in [2.45, 2.75) is 77.6 Å². The van der Waals surface area contributed by atoms with E-state index in [4.69, 9.17) is 0 Å². The monoisotopic (exact) mass is 631 g/mol. The van der Waals surface area contributed by atoms with Gasteiger partial charge in [-0.3, -0.25) is 4.79 Å². The average molecular weight is 632 g/mol. The van der Waals surface area contributed by atoms with Crippen LogP contribution in [0.3, 0.4) is 0 Å². The van der Waals surface area contributed by atoms with Crippen LogP contribution in [-0.2, 0) is 27.7 Å². The lowest BCUT2D eigenvalue weighted by atomic mass is 9.86. The van der Waals surface area contributed by atoms with Crippen molar-refractivity contribution in [2.75, 3.05) is 13.1 Å². The number of nitrogens with one attached hydrogen (secondary N) is 3. The molecule has 0 bridgehead atoms. The number of amides is 1. The molecule has 0 saturated carbocycles. The minimum atomic E-state index is -4.77. The van der Waals surface area contributed by atoms with Gasteiger partial charge in [-0.1, -0.05) is 81.1 Å². The van der Waals surface area contributed by atoms with Crippen LogP contribution in [-0.4, -0.2) is 33.6 Å². The van der Waals surface area contributed by atoms with Crippen molar-refractivity contribution in [1.82, 2.24) is 15.4 Å². The minimum absolute atomic E-state index is 0.211. The highest BCUT2D eigenvalue weighted by Gasteiger charge is 2.33. The van der Waals surface area contributed by atoms with Gasteiger partial charge in [0.05, 0.1) is 22.6 Å². The lowest BCUT2D eigenvalue weighted by Crippen LogP contribution is -2.36. The zero-order valence-corrected chi connectivity index (χ0v) is 26.5. The van der Waals surface area contributed by atoms with Gasteiger partial charge in [0.15, 0.2) is 0 Å². The van der Waals surface area contributed by atoms with Gasteiger partial charge in [-0.05, 0) is 86.4 Å². The second kappa shape index (κ2) is 16.2. The number of carbonyl (C=O) groups excluding carboxylic acids is 1. The van der Waals surface area contributed by atoms with Gasteiger partial charge in [0.25, 0.3) is 0 Å². The molecule has 0 heterocycles. The predicted molar refractivity (Wildman–Crippen MR) is 170 cm³/mol. The second-order valence-electron chi connectivity index (χ2n) is 11.5. The number of hydrogen-bond donors (Lipinski definition) is 3. The van der Waals surface area contributed by atoms with Crippen LogP contribution in [0.25, 0.3) is 0 Å². The molecule has 44 heavy (non-hydrogen) atoms. The zero-order chi connectivity index (χ0) is 32.3. The van der Waals surface area contributed by atoms with Crippen molar-refractivity contribution in [3.05, 3.63) is 106 Å². The second-order valence-corrected chi connectivity index (χ2v) is 13.2. The standard InChI is InChI=1S/C34H44F3N3O3S/c1-5-28(34(35,36)37)21-29(6-2)44(42,43)40-32(26-13-8-7-9-14-26)22-33(41)39-31-16-10-15-27-20-25(17-18-30(27)31)12-11-19-38-23-24(3)4/h5-9,13-14,17-18,20-21,24,31-32,38,40H,1,10-12,15-16,19,22-23H2,2-4H3,(H,39,41)/b28-21+,29-6+/t31-,32-/m1/s1. The molecule has 6 nitrogen and oxygen atoms in total. The average Bonchev–Trinajstić information content (AvgIpc) is 2.96. The largest absolute Gasteiger partial charge is 0.416 e. The lowest BCUT2D eigenvalue weighted by molar-refractivity contribution is -0.122. The SMILES string of the molecule is C=C/C(=C\C(=C/C)S(=O)(=O)N[C@H](CC(=O)N[C@@H]1CCCc2cc(CCCNCC(C)C)ccc21)c1ccccc1)C(F)(F)F. The Balaban J connectivity index is 1.74. The van der Waals surface area contributed by atoms with Crippen LogP contribution in [0.5, 0.6) is 0 Å². The third kappa shape index (κ3) is 10.5. The Bertz CT molecular complexity index is 1430. The molecule has 0 aliphatic heterocycles. The summed E-state index contributed by atoms with van der Waals surface area (Å²) in [6.45, 7) is 10.8. The molecule has 0 spiro atoms. The maximum absolute atomic E-state index is 13.4. The first kappa shape index (κ1) is 35.3. The number of alkyl halides is 3. The molecule has 0 radical (unpaired) electrons. The van der Waals surface area contributed by atoms with Crippen LogP contribution >= 0.6 is 0 Å². The van der Waals surface area contributed by atoms with Gasteiger partial charge in [0.2, 0.25) is 15.9 Å². The highest BCUT2D eigenvalue weighted by atomic mass is 32.2. The summed E-state index contributed by atoms with van der Waals surface area (Å²) in [5.41, 5.74) is 2.86. The molecule has 0 fully saturated rings. The minimum Gasteiger partial charge on any atom is -0.349 e. The summed E-state index contributed by atoms with van der Waals surface area (Å²) in [6.07, 6.45) is 1.78. The van der Waals surface area contributed by atoms with Crippen LogP contribution in [0.15, 0.2) is 83.8 Å². The third-order valence-electron chi connectivity index (χ3n) is 7.56. The molecule has 3 N–H and O–H groups in total. The fourth-order valence-electron chi connectivity index (χ4n) is 5.31. The summed E-state index contributed by atoms with van der Waals surface area (Å²) in [6, 6.07) is 13.7. The number of rotatable bonds is 15. The fourth-order valence-corrected chi connectivity index (χ4v) is 6.64. The number of aryl methyl sites for hydroxylation is 2. The summed E-state index contributed by atoms with van der Waals surface area (Å²) in [4.78, 5) is 12.8. The number of allylic oxidation sites excluding steroid dienone is 4. The van der Waals surface area contributed by atoms with E-state index in [9.17, 15) is 26.4 Å². The van der Waals surface area contributed by atoms with Gasteiger partial charge < -0.3 is 10.6 Å². The van der Waals surface area contributed by atoms with Gasteiger partial charge in [-0.15, -0.1) is 0 Å². The molecule has 3 rings (SSSR count). The van der Waals surface area contributed by atoms with Crippen LogP contribution in [0.1, 0.15) is 80.8 Å². The van der Waals surface area contributed by atoms with Crippen molar-refractivity contribution in [1.29, 1.82) is 0 Å². The smallest absolute Gasteiger partial charge is 0.349 e. The van der Waals surface area contributed by atoms with Crippen molar-refractivity contribution >= 4 is 15.9 Å². The van der Waals surface area contributed by atoms with Crippen LogP contribution in [0.4, 0.5) is 13.2 Å². The first-order valence-electron chi connectivity index (χ1n) is 15.1. The molecule has 2 aromatic carbocycles. The number of sulfonamides is 1. The van der Waals surface area contributed by atoms with Gasteiger partial charge in [0, 0.05) is 6.42 Å². The summed E-state index contributed by atoms with van der Waals surface area (Å²) in [7, 11) is -4.43. The molecule has 1 aliphatic rings. The number of hydrogen-bond acceptors (Lipinski definition) is 4. The Labute approximate surface area is 260 Å². The van der Waals surface area contributed by atoms with Gasteiger partial charge >= 0.3 is 6.18 Å². The molecule has 240 valence electrons. The van der Waals surface area contributed by atoms with E-state index < -0.39 is 32.7 Å². The van der Waals surface area contributed by atoms with Gasteiger partial charge in [-0.2, -0.15) is 13.2 Å². The quantitative estimate of drug-likeness (QED) is 0.146. The van der Waals surface area contributed by atoms with Crippen molar-refractivity contribution < 1.29 is 26.4 Å². The molecule has 10 heteroatoms. The summed E-state index contributed by atoms with van der Waals surface area (Å²) >= 11 is 0. The molecule has 0 saturated heterocycles. The number of benzene rings is 2. The maximum Gasteiger partial charge on any atom is 0.416 e. The fraction of sp³-hybridized carbons (Fsp3) is 0.441. The molecular formula is C34H44F3N3O3S. The van der Waals surface area contributed by atoms with Crippen molar-refractivity contribution in [2.24, 2.45) is 5.92 Å². The van der Waals surface area contributed by atoms with Crippen molar-refractivity contribution in [3.8, 4) is 0 Å². The highest BCUT2D eigenvalue weighted by Crippen LogP contribution is 2.32. The Morgan fingerprint density at radius 3 is 2.50 bits per heavy atom.